The first-order valence-corrected chi connectivity index (χ1v) is 6.94. The topological polar surface area (TPSA) is 106 Å². The molecule has 1 aromatic carbocycles. The van der Waals surface area contributed by atoms with Crippen LogP contribution in [0.4, 0.5) is 4.79 Å². The molecule has 0 fully saturated rings. The van der Waals surface area contributed by atoms with Crippen LogP contribution in [0.3, 0.4) is 0 Å². The molecule has 1 aliphatic rings. The van der Waals surface area contributed by atoms with Crippen molar-refractivity contribution >= 4 is 6.09 Å². The predicted octanol–water partition coefficient (Wildman–Crippen LogP) is 2.73. The molecule has 0 radical (unpaired) electrons. The maximum atomic E-state index is 11.3. The molecular weight excluding hydrogens is 288 g/mol. The summed E-state index contributed by atoms with van der Waals surface area (Å²) in [7, 11) is 1.55. The van der Waals surface area contributed by atoms with Crippen LogP contribution in [0.2, 0.25) is 0 Å². The van der Waals surface area contributed by atoms with E-state index in [-0.39, 0.29) is 12.6 Å². The first kappa shape index (κ1) is 15.8. The standard InChI is InChI=1S/C14H18N4O4/c1-3-21-14(19)16-7-10-4-9-5-13(22-8-17-18-15)12(20-2)6-11(9)10/h5-6,10H,3-4,7-8H2,1-2H3,(H,16,19). The molecule has 1 aromatic rings. The second-order valence-corrected chi connectivity index (χ2v) is 4.71. The van der Waals surface area contributed by atoms with Crippen LogP contribution < -0.4 is 14.8 Å². The third-order valence-electron chi connectivity index (χ3n) is 3.44. The van der Waals surface area contributed by atoms with E-state index in [0.29, 0.717) is 24.7 Å². The zero-order valence-electron chi connectivity index (χ0n) is 12.5. The molecule has 0 saturated carbocycles. The van der Waals surface area contributed by atoms with Gasteiger partial charge in [-0.1, -0.05) is 5.11 Å². The number of hydrogen-bond donors (Lipinski definition) is 1. The van der Waals surface area contributed by atoms with E-state index in [9.17, 15) is 4.79 Å². The Labute approximate surface area is 128 Å². The van der Waals surface area contributed by atoms with E-state index in [1.165, 1.54) is 0 Å². The maximum absolute atomic E-state index is 11.3. The summed E-state index contributed by atoms with van der Waals surface area (Å²) in [5.74, 6) is 1.36. The Morgan fingerprint density at radius 2 is 2.32 bits per heavy atom. The minimum absolute atomic E-state index is 0.0838. The number of nitrogens with zero attached hydrogens (tertiary/aromatic N) is 3. The Morgan fingerprint density at radius 1 is 1.50 bits per heavy atom. The zero-order valence-corrected chi connectivity index (χ0v) is 12.5. The summed E-state index contributed by atoms with van der Waals surface area (Å²) in [5, 5.41) is 6.07. The number of rotatable bonds is 7. The molecule has 0 aliphatic heterocycles. The van der Waals surface area contributed by atoms with Crippen LogP contribution in [0.25, 0.3) is 10.4 Å². The molecule has 8 nitrogen and oxygen atoms in total. The number of carbonyl (C=O) groups is 1. The van der Waals surface area contributed by atoms with Gasteiger partial charge in [-0.05, 0) is 42.1 Å². The Hall–Kier alpha value is -2.60. The fourth-order valence-electron chi connectivity index (χ4n) is 2.39. The van der Waals surface area contributed by atoms with Crippen LogP contribution >= 0.6 is 0 Å². The fourth-order valence-corrected chi connectivity index (χ4v) is 2.39. The lowest BCUT2D eigenvalue weighted by atomic mass is 9.77. The highest BCUT2D eigenvalue weighted by Crippen LogP contribution is 2.42. The summed E-state index contributed by atoms with van der Waals surface area (Å²) in [4.78, 5) is 13.9. The maximum Gasteiger partial charge on any atom is 0.407 e. The molecule has 0 heterocycles. The second kappa shape index (κ2) is 7.42. The van der Waals surface area contributed by atoms with E-state index in [1.54, 1.807) is 14.0 Å². The quantitative estimate of drug-likeness (QED) is 0.475. The minimum atomic E-state index is -0.405. The third-order valence-corrected chi connectivity index (χ3v) is 3.44. The van der Waals surface area contributed by atoms with Gasteiger partial charge in [-0.2, -0.15) is 0 Å². The minimum Gasteiger partial charge on any atom is -0.493 e. The van der Waals surface area contributed by atoms with Crippen molar-refractivity contribution in [1.29, 1.82) is 0 Å². The highest BCUT2D eigenvalue weighted by atomic mass is 16.5. The Morgan fingerprint density at radius 3 is 3.00 bits per heavy atom. The van der Waals surface area contributed by atoms with E-state index in [1.807, 2.05) is 12.1 Å². The Kier molecular flexibility index (Phi) is 5.32. The number of benzene rings is 1. The van der Waals surface area contributed by atoms with Crippen LogP contribution in [0, 0.1) is 0 Å². The summed E-state index contributed by atoms with van der Waals surface area (Å²) < 4.78 is 15.5. The molecule has 1 amide bonds. The molecule has 1 unspecified atom stereocenters. The summed E-state index contributed by atoms with van der Waals surface area (Å²) in [6.07, 6.45) is 0.432. The number of methoxy groups -OCH3 is 1. The predicted molar refractivity (Wildman–Crippen MR) is 79.1 cm³/mol. The molecular formula is C14H18N4O4. The molecule has 0 spiro atoms. The molecule has 2 rings (SSSR count). The number of alkyl carbamates (subject to hydrolysis) is 1. The second-order valence-electron chi connectivity index (χ2n) is 4.71. The lowest BCUT2D eigenvalue weighted by Crippen LogP contribution is -2.33. The number of amides is 1. The van der Waals surface area contributed by atoms with Gasteiger partial charge in [-0.15, -0.1) is 0 Å². The molecule has 8 heteroatoms. The molecule has 1 aliphatic carbocycles. The van der Waals surface area contributed by atoms with Gasteiger partial charge in [0.05, 0.1) is 13.7 Å². The van der Waals surface area contributed by atoms with E-state index in [2.05, 4.69) is 15.3 Å². The van der Waals surface area contributed by atoms with Crippen molar-refractivity contribution in [2.24, 2.45) is 5.11 Å². The normalized spacial score (nSPS) is 14.9. The van der Waals surface area contributed by atoms with Crippen molar-refractivity contribution in [2.75, 3.05) is 27.0 Å². The van der Waals surface area contributed by atoms with Crippen molar-refractivity contribution < 1.29 is 19.0 Å². The van der Waals surface area contributed by atoms with Gasteiger partial charge in [-0.3, -0.25) is 0 Å². The number of ether oxygens (including phenoxy) is 3. The van der Waals surface area contributed by atoms with Gasteiger partial charge in [0, 0.05) is 17.4 Å². The summed E-state index contributed by atoms with van der Waals surface area (Å²) >= 11 is 0. The van der Waals surface area contributed by atoms with Crippen LogP contribution in [0.5, 0.6) is 11.5 Å². The Balaban J connectivity index is 2.01. The number of fused-ring (bicyclic) bond motifs is 1. The third kappa shape index (κ3) is 3.53. The zero-order chi connectivity index (χ0) is 15.9. The molecule has 118 valence electrons. The van der Waals surface area contributed by atoms with Crippen molar-refractivity contribution in [1.82, 2.24) is 5.32 Å². The van der Waals surface area contributed by atoms with Gasteiger partial charge in [0.2, 0.25) is 0 Å². The number of hydrogen-bond acceptors (Lipinski definition) is 5. The van der Waals surface area contributed by atoms with Crippen molar-refractivity contribution in [3.63, 3.8) is 0 Å². The van der Waals surface area contributed by atoms with Crippen molar-refractivity contribution in [3.05, 3.63) is 33.7 Å². The van der Waals surface area contributed by atoms with E-state index in [4.69, 9.17) is 19.7 Å². The van der Waals surface area contributed by atoms with Gasteiger partial charge < -0.3 is 19.5 Å². The molecule has 0 bridgehead atoms. The highest BCUT2D eigenvalue weighted by molar-refractivity contribution is 5.67. The number of nitrogens with one attached hydrogen (secondary N) is 1. The first-order chi connectivity index (χ1) is 10.7. The summed E-state index contributed by atoms with van der Waals surface area (Å²) in [6, 6.07) is 3.77. The highest BCUT2D eigenvalue weighted by Gasteiger charge is 2.29. The first-order valence-electron chi connectivity index (χ1n) is 6.94. The monoisotopic (exact) mass is 306 g/mol. The van der Waals surface area contributed by atoms with Gasteiger partial charge in [0.25, 0.3) is 0 Å². The van der Waals surface area contributed by atoms with Gasteiger partial charge in [0.1, 0.15) is 0 Å². The summed E-state index contributed by atoms with van der Waals surface area (Å²) in [5.41, 5.74) is 10.5. The van der Waals surface area contributed by atoms with Crippen LogP contribution in [0.1, 0.15) is 24.0 Å². The van der Waals surface area contributed by atoms with E-state index in [0.717, 1.165) is 17.5 Å². The Bertz CT molecular complexity index is 599. The molecule has 22 heavy (non-hydrogen) atoms. The number of azide groups is 1. The molecule has 0 aromatic heterocycles. The smallest absolute Gasteiger partial charge is 0.407 e. The van der Waals surface area contributed by atoms with Crippen LogP contribution in [-0.2, 0) is 11.2 Å². The lowest BCUT2D eigenvalue weighted by molar-refractivity contribution is 0.151. The van der Waals surface area contributed by atoms with Crippen LogP contribution in [0.15, 0.2) is 17.2 Å². The number of carbonyl (C=O) groups excluding carboxylic acids is 1. The van der Waals surface area contributed by atoms with E-state index < -0.39 is 6.09 Å². The molecule has 0 saturated heterocycles. The van der Waals surface area contributed by atoms with Gasteiger partial charge in [-0.25, -0.2) is 4.79 Å². The summed E-state index contributed by atoms with van der Waals surface area (Å²) in [6.45, 7) is 2.56. The van der Waals surface area contributed by atoms with Crippen molar-refractivity contribution in [2.45, 2.75) is 19.3 Å². The van der Waals surface area contributed by atoms with E-state index >= 15 is 0 Å². The lowest BCUT2D eigenvalue weighted by Gasteiger charge is -2.31. The average Bonchev–Trinajstić information content (AvgIpc) is 2.49. The fraction of sp³-hybridized carbons (Fsp3) is 0.500. The SMILES string of the molecule is CCOC(=O)NCC1Cc2cc(OCN=[N+]=[N-])c(OC)cc21. The molecule has 1 N–H and O–H groups in total. The molecule has 1 atom stereocenters. The van der Waals surface area contributed by atoms with Gasteiger partial charge >= 0.3 is 6.09 Å². The van der Waals surface area contributed by atoms with Crippen molar-refractivity contribution in [3.8, 4) is 11.5 Å². The largest absolute Gasteiger partial charge is 0.493 e. The average molecular weight is 306 g/mol. The van der Waals surface area contributed by atoms with Gasteiger partial charge in [0.15, 0.2) is 18.2 Å². The van der Waals surface area contributed by atoms with Crippen LogP contribution in [-0.4, -0.2) is 33.1 Å².